The molecule has 19 heavy (non-hydrogen) atoms. The van der Waals surface area contributed by atoms with Gasteiger partial charge in [0.1, 0.15) is 5.75 Å². The molecule has 0 aliphatic rings. The van der Waals surface area contributed by atoms with Gasteiger partial charge in [-0.3, -0.25) is 0 Å². The number of aryl methyl sites for hydroxylation is 1. The van der Waals surface area contributed by atoms with Gasteiger partial charge in [-0.1, -0.05) is 37.3 Å². The molecule has 0 amide bonds. The summed E-state index contributed by atoms with van der Waals surface area (Å²) in [5.74, 6) is -1.01. The number of rotatable bonds is 4. The first-order valence-corrected chi connectivity index (χ1v) is 6.23. The molecule has 2 N–H and O–H groups in total. The van der Waals surface area contributed by atoms with Gasteiger partial charge in [0.25, 0.3) is 0 Å². The number of benzene rings is 2. The van der Waals surface area contributed by atoms with E-state index in [0.29, 0.717) is 6.42 Å². The van der Waals surface area contributed by atoms with Gasteiger partial charge in [-0.05, 0) is 35.2 Å². The van der Waals surface area contributed by atoms with Gasteiger partial charge in [0.2, 0.25) is 0 Å². The topological polar surface area (TPSA) is 57.5 Å². The Balaban J connectivity index is 2.20. The predicted octanol–water partition coefficient (Wildman–Crippen LogP) is 3.24. The van der Waals surface area contributed by atoms with E-state index in [0.717, 1.165) is 17.5 Å². The summed E-state index contributed by atoms with van der Waals surface area (Å²) in [5, 5.41) is 18.7. The van der Waals surface area contributed by atoms with E-state index >= 15 is 0 Å². The van der Waals surface area contributed by atoms with Crippen LogP contribution in [0, 0.1) is 0 Å². The summed E-state index contributed by atoms with van der Waals surface area (Å²) in [6.07, 6.45) is 1.59. The number of carboxylic acid groups (broad SMARTS) is 1. The van der Waals surface area contributed by atoms with Crippen LogP contribution in [-0.2, 0) is 12.8 Å². The summed E-state index contributed by atoms with van der Waals surface area (Å²) >= 11 is 0. The zero-order valence-electron chi connectivity index (χ0n) is 10.8. The Kier molecular flexibility index (Phi) is 3.85. The van der Waals surface area contributed by atoms with Crippen molar-refractivity contribution in [1.29, 1.82) is 0 Å². The van der Waals surface area contributed by atoms with Crippen molar-refractivity contribution in [2.24, 2.45) is 0 Å². The highest BCUT2D eigenvalue weighted by Crippen LogP contribution is 2.22. The van der Waals surface area contributed by atoms with E-state index < -0.39 is 5.97 Å². The number of phenolic OH excluding ortho intramolecular Hbond substituents is 1. The first kappa shape index (κ1) is 13.1. The number of carboxylic acids is 1. The van der Waals surface area contributed by atoms with E-state index in [1.165, 1.54) is 17.7 Å². The molecule has 0 aliphatic carbocycles. The van der Waals surface area contributed by atoms with Crippen molar-refractivity contribution in [3.05, 3.63) is 64.7 Å². The van der Waals surface area contributed by atoms with E-state index in [4.69, 9.17) is 5.11 Å². The molecule has 0 saturated carbocycles. The molecule has 0 bridgehead atoms. The molecule has 0 aromatic heterocycles. The van der Waals surface area contributed by atoms with Gasteiger partial charge in [-0.25, -0.2) is 4.79 Å². The molecule has 98 valence electrons. The third-order valence-corrected chi connectivity index (χ3v) is 3.16. The molecule has 0 heterocycles. The fourth-order valence-electron chi connectivity index (χ4n) is 1.96. The van der Waals surface area contributed by atoms with Gasteiger partial charge >= 0.3 is 5.97 Å². The fraction of sp³-hybridized carbons (Fsp3) is 0.188. The lowest BCUT2D eigenvalue weighted by molar-refractivity contribution is 0.0696. The molecule has 0 radical (unpaired) electrons. The molecule has 3 nitrogen and oxygen atoms in total. The van der Waals surface area contributed by atoms with Crippen molar-refractivity contribution >= 4 is 5.97 Å². The van der Waals surface area contributed by atoms with Crippen molar-refractivity contribution in [1.82, 2.24) is 0 Å². The normalized spacial score (nSPS) is 10.4. The Morgan fingerprint density at radius 3 is 2.21 bits per heavy atom. The molecule has 0 aliphatic heterocycles. The van der Waals surface area contributed by atoms with Crippen LogP contribution in [0.1, 0.15) is 34.0 Å². The van der Waals surface area contributed by atoms with E-state index in [-0.39, 0.29) is 11.3 Å². The molecular formula is C16H16O3. The molecule has 3 heteroatoms. The Morgan fingerprint density at radius 1 is 1.05 bits per heavy atom. The number of aromatic carboxylic acids is 1. The zero-order valence-corrected chi connectivity index (χ0v) is 10.8. The maximum atomic E-state index is 10.8. The van der Waals surface area contributed by atoms with Crippen molar-refractivity contribution in [2.45, 2.75) is 19.8 Å². The lowest BCUT2D eigenvalue weighted by atomic mass is 10.0. The Hall–Kier alpha value is -2.29. The highest BCUT2D eigenvalue weighted by molar-refractivity contribution is 5.88. The molecule has 2 aromatic rings. The van der Waals surface area contributed by atoms with Gasteiger partial charge in [0, 0.05) is 6.42 Å². The van der Waals surface area contributed by atoms with E-state index in [9.17, 15) is 9.90 Å². The van der Waals surface area contributed by atoms with Gasteiger partial charge in [0.15, 0.2) is 0 Å². The average molecular weight is 256 g/mol. The van der Waals surface area contributed by atoms with Crippen LogP contribution in [0.25, 0.3) is 0 Å². The second-order valence-corrected chi connectivity index (χ2v) is 4.50. The summed E-state index contributed by atoms with van der Waals surface area (Å²) in [6.45, 7) is 2.10. The van der Waals surface area contributed by atoms with Crippen LogP contribution in [0.5, 0.6) is 5.75 Å². The Bertz CT molecular complexity index is 585. The minimum atomic E-state index is -1.03. The first-order chi connectivity index (χ1) is 9.10. The number of aromatic hydroxyl groups is 1. The van der Waals surface area contributed by atoms with Crippen molar-refractivity contribution < 1.29 is 15.0 Å². The summed E-state index contributed by atoms with van der Waals surface area (Å²) in [5.41, 5.74) is 3.20. The average Bonchev–Trinajstić information content (AvgIpc) is 2.41. The van der Waals surface area contributed by atoms with Crippen molar-refractivity contribution in [3.63, 3.8) is 0 Å². The van der Waals surface area contributed by atoms with Gasteiger partial charge in [-0.15, -0.1) is 0 Å². The summed E-state index contributed by atoms with van der Waals surface area (Å²) < 4.78 is 0. The van der Waals surface area contributed by atoms with Crippen LogP contribution < -0.4 is 0 Å². The number of phenols is 1. The van der Waals surface area contributed by atoms with Crippen LogP contribution in [-0.4, -0.2) is 16.2 Å². The molecule has 0 saturated heterocycles. The maximum absolute atomic E-state index is 10.8. The summed E-state index contributed by atoms with van der Waals surface area (Å²) in [4.78, 5) is 10.8. The maximum Gasteiger partial charge on any atom is 0.335 e. The molecule has 0 spiro atoms. The van der Waals surface area contributed by atoms with Crippen LogP contribution >= 0.6 is 0 Å². The van der Waals surface area contributed by atoms with Crippen molar-refractivity contribution in [3.8, 4) is 5.75 Å². The minimum absolute atomic E-state index is 0.0273. The fourth-order valence-corrected chi connectivity index (χ4v) is 1.96. The largest absolute Gasteiger partial charge is 0.508 e. The second-order valence-electron chi connectivity index (χ2n) is 4.50. The van der Waals surface area contributed by atoms with E-state index in [2.05, 4.69) is 19.1 Å². The zero-order chi connectivity index (χ0) is 13.8. The molecule has 0 unspecified atom stereocenters. The highest BCUT2D eigenvalue weighted by atomic mass is 16.4. The van der Waals surface area contributed by atoms with E-state index in [1.807, 2.05) is 12.1 Å². The molecule has 2 rings (SSSR count). The lowest BCUT2D eigenvalue weighted by Gasteiger charge is -2.06. The van der Waals surface area contributed by atoms with Crippen LogP contribution in [0.3, 0.4) is 0 Å². The lowest BCUT2D eigenvalue weighted by Crippen LogP contribution is -1.97. The predicted molar refractivity (Wildman–Crippen MR) is 73.7 cm³/mol. The highest BCUT2D eigenvalue weighted by Gasteiger charge is 2.08. The Morgan fingerprint density at radius 2 is 1.68 bits per heavy atom. The smallest absolute Gasteiger partial charge is 0.335 e. The number of hydrogen-bond acceptors (Lipinski definition) is 2. The van der Waals surface area contributed by atoms with E-state index in [1.54, 1.807) is 6.07 Å². The quantitative estimate of drug-likeness (QED) is 0.882. The standard InChI is InChI=1S/C16H16O3/c1-2-11-3-5-12(6-4-11)9-13-7-8-14(16(18)19)10-15(13)17/h3-8,10,17H,2,9H2,1H3,(H,18,19). The number of carbonyl (C=O) groups is 1. The second kappa shape index (κ2) is 5.57. The number of hydrogen-bond donors (Lipinski definition) is 2. The summed E-state index contributed by atoms with van der Waals surface area (Å²) in [6, 6.07) is 12.7. The third-order valence-electron chi connectivity index (χ3n) is 3.16. The van der Waals surface area contributed by atoms with Crippen LogP contribution in [0.4, 0.5) is 0 Å². The van der Waals surface area contributed by atoms with Gasteiger partial charge in [-0.2, -0.15) is 0 Å². The first-order valence-electron chi connectivity index (χ1n) is 6.23. The van der Waals surface area contributed by atoms with Crippen LogP contribution in [0.2, 0.25) is 0 Å². The third kappa shape index (κ3) is 3.13. The van der Waals surface area contributed by atoms with Crippen LogP contribution in [0.15, 0.2) is 42.5 Å². The molecular weight excluding hydrogens is 240 g/mol. The molecule has 0 atom stereocenters. The summed E-state index contributed by atoms with van der Waals surface area (Å²) in [7, 11) is 0. The van der Waals surface area contributed by atoms with Crippen molar-refractivity contribution in [2.75, 3.05) is 0 Å². The SMILES string of the molecule is CCc1ccc(Cc2ccc(C(=O)O)cc2O)cc1. The van der Waals surface area contributed by atoms with Gasteiger partial charge in [0.05, 0.1) is 5.56 Å². The minimum Gasteiger partial charge on any atom is -0.508 e. The monoisotopic (exact) mass is 256 g/mol. The molecule has 2 aromatic carbocycles. The van der Waals surface area contributed by atoms with Gasteiger partial charge < -0.3 is 10.2 Å². The Labute approximate surface area is 112 Å². The molecule has 0 fully saturated rings.